The van der Waals surface area contributed by atoms with E-state index in [4.69, 9.17) is 0 Å². The summed E-state index contributed by atoms with van der Waals surface area (Å²) in [5, 5.41) is 5.42. The molecule has 0 aliphatic carbocycles. The van der Waals surface area contributed by atoms with Crippen molar-refractivity contribution in [3.05, 3.63) is 17.7 Å². The van der Waals surface area contributed by atoms with Gasteiger partial charge in [0.15, 0.2) is 0 Å². The molecule has 2 amide bonds. The SMILES string of the molecule is CC(=O)N[C@H](C(=O)NCc1nc[nH]c1C)C(C)C. The second-order valence-corrected chi connectivity index (χ2v) is 4.61. The molecule has 1 rings (SSSR count). The summed E-state index contributed by atoms with van der Waals surface area (Å²) in [5.41, 5.74) is 1.73. The summed E-state index contributed by atoms with van der Waals surface area (Å²) >= 11 is 0. The van der Waals surface area contributed by atoms with Crippen molar-refractivity contribution in [2.24, 2.45) is 5.92 Å². The minimum absolute atomic E-state index is 0.0363. The summed E-state index contributed by atoms with van der Waals surface area (Å²) < 4.78 is 0. The first-order valence-electron chi connectivity index (χ1n) is 5.95. The molecule has 0 fully saturated rings. The van der Waals surface area contributed by atoms with Gasteiger partial charge in [0.2, 0.25) is 11.8 Å². The average Bonchev–Trinajstić information content (AvgIpc) is 2.68. The van der Waals surface area contributed by atoms with E-state index in [1.54, 1.807) is 6.33 Å². The van der Waals surface area contributed by atoms with Crippen LogP contribution in [-0.2, 0) is 16.1 Å². The topological polar surface area (TPSA) is 86.9 Å². The van der Waals surface area contributed by atoms with Crippen LogP contribution in [0.15, 0.2) is 6.33 Å². The van der Waals surface area contributed by atoms with Crippen LogP contribution in [0.4, 0.5) is 0 Å². The predicted molar refractivity (Wildman–Crippen MR) is 67.6 cm³/mol. The molecule has 0 saturated heterocycles. The van der Waals surface area contributed by atoms with E-state index in [0.29, 0.717) is 6.54 Å². The first-order valence-corrected chi connectivity index (χ1v) is 5.95. The number of imidazole rings is 1. The van der Waals surface area contributed by atoms with Crippen LogP contribution in [0.3, 0.4) is 0 Å². The Balaban J connectivity index is 2.57. The van der Waals surface area contributed by atoms with Crippen molar-refractivity contribution in [1.82, 2.24) is 20.6 Å². The molecule has 100 valence electrons. The van der Waals surface area contributed by atoms with Crippen LogP contribution < -0.4 is 10.6 Å². The van der Waals surface area contributed by atoms with Crippen molar-refractivity contribution in [2.45, 2.75) is 40.3 Å². The average molecular weight is 252 g/mol. The molecule has 0 spiro atoms. The maximum Gasteiger partial charge on any atom is 0.243 e. The molecule has 0 aliphatic heterocycles. The lowest BCUT2D eigenvalue weighted by Gasteiger charge is -2.20. The molecule has 0 aromatic carbocycles. The molecule has 1 atom stereocenters. The van der Waals surface area contributed by atoms with Gasteiger partial charge in [-0.3, -0.25) is 9.59 Å². The fourth-order valence-electron chi connectivity index (χ4n) is 1.60. The van der Waals surface area contributed by atoms with Crippen LogP contribution in [-0.4, -0.2) is 27.8 Å². The molecule has 0 saturated carbocycles. The third kappa shape index (κ3) is 3.87. The molecule has 0 bridgehead atoms. The molecule has 0 aliphatic rings. The van der Waals surface area contributed by atoms with Gasteiger partial charge < -0.3 is 15.6 Å². The van der Waals surface area contributed by atoms with Gasteiger partial charge in [0.05, 0.1) is 18.6 Å². The highest BCUT2D eigenvalue weighted by atomic mass is 16.2. The molecule has 0 unspecified atom stereocenters. The number of rotatable bonds is 5. The fraction of sp³-hybridized carbons (Fsp3) is 0.583. The van der Waals surface area contributed by atoms with Crippen molar-refractivity contribution in [2.75, 3.05) is 0 Å². The van der Waals surface area contributed by atoms with Crippen molar-refractivity contribution in [1.29, 1.82) is 0 Å². The lowest BCUT2D eigenvalue weighted by molar-refractivity contribution is -0.129. The molecule has 6 heteroatoms. The number of amides is 2. The first-order chi connectivity index (χ1) is 8.41. The zero-order valence-corrected chi connectivity index (χ0v) is 11.2. The summed E-state index contributed by atoms with van der Waals surface area (Å²) in [5.74, 6) is -0.364. The number of carbonyl (C=O) groups excluding carboxylic acids is 2. The quantitative estimate of drug-likeness (QED) is 0.713. The largest absolute Gasteiger partial charge is 0.349 e. The number of aromatic amines is 1. The molecular weight excluding hydrogens is 232 g/mol. The van der Waals surface area contributed by atoms with E-state index >= 15 is 0 Å². The molecule has 3 N–H and O–H groups in total. The molecule has 18 heavy (non-hydrogen) atoms. The second-order valence-electron chi connectivity index (χ2n) is 4.61. The van der Waals surface area contributed by atoms with E-state index in [1.807, 2.05) is 20.8 Å². The van der Waals surface area contributed by atoms with Gasteiger partial charge >= 0.3 is 0 Å². The Bertz CT molecular complexity index is 425. The number of carbonyl (C=O) groups is 2. The Morgan fingerprint density at radius 2 is 2.11 bits per heavy atom. The Hall–Kier alpha value is -1.85. The normalized spacial score (nSPS) is 12.3. The van der Waals surface area contributed by atoms with Crippen molar-refractivity contribution in [3.8, 4) is 0 Å². The van der Waals surface area contributed by atoms with Crippen LogP contribution in [0.1, 0.15) is 32.2 Å². The third-order valence-electron chi connectivity index (χ3n) is 2.67. The van der Waals surface area contributed by atoms with Crippen LogP contribution >= 0.6 is 0 Å². The van der Waals surface area contributed by atoms with Gasteiger partial charge in [-0.15, -0.1) is 0 Å². The van der Waals surface area contributed by atoms with E-state index in [2.05, 4.69) is 20.6 Å². The number of hydrogen-bond donors (Lipinski definition) is 3. The smallest absolute Gasteiger partial charge is 0.243 e. The van der Waals surface area contributed by atoms with Crippen molar-refractivity contribution < 1.29 is 9.59 Å². The fourth-order valence-corrected chi connectivity index (χ4v) is 1.60. The summed E-state index contributed by atoms with van der Waals surface area (Å²) in [4.78, 5) is 30.0. The van der Waals surface area contributed by atoms with Crippen molar-refractivity contribution in [3.63, 3.8) is 0 Å². The van der Waals surface area contributed by atoms with Crippen LogP contribution in [0.5, 0.6) is 0 Å². The molecule has 1 aromatic rings. The van der Waals surface area contributed by atoms with Gasteiger partial charge in [0.25, 0.3) is 0 Å². The highest BCUT2D eigenvalue weighted by molar-refractivity contribution is 5.86. The Kier molecular flexibility index (Phi) is 4.88. The highest BCUT2D eigenvalue weighted by Crippen LogP contribution is 2.04. The summed E-state index contributed by atoms with van der Waals surface area (Å²) in [7, 11) is 0. The molecule has 1 aromatic heterocycles. The number of H-pyrrole nitrogens is 1. The summed E-state index contributed by atoms with van der Waals surface area (Å²) in [6.45, 7) is 7.43. The van der Waals surface area contributed by atoms with Crippen LogP contribution in [0.2, 0.25) is 0 Å². The lowest BCUT2D eigenvalue weighted by Crippen LogP contribution is -2.48. The highest BCUT2D eigenvalue weighted by Gasteiger charge is 2.22. The molecule has 6 nitrogen and oxygen atoms in total. The number of aromatic nitrogens is 2. The minimum atomic E-state index is -0.512. The maximum atomic E-state index is 12.0. The van der Waals surface area contributed by atoms with Gasteiger partial charge in [-0.2, -0.15) is 0 Å². The number of nitrogens with zero attached hydrogens (tertiary/aromatic N) is 1. The second kappa shape index (κ2) is 6.18. The standard InChI is InChI=1S/C12H20N4O2/c1-7(2)11(16-9(4)17)12(18)13-5-10-8(3)14-6-15-10/h6-7,11H,5H2,1-4H3,(H,13,18)(H,14,15)(H,16,17)/t11-/m0/s1. The van der Waals surface area contributed by atoms with E-state index in [-0.39, 0.29) is 17.7 Å². The van der Waals surface area contributed by atoms with Gasteiger partial charge in [-0.1, -0.05) is 13.8 Å². The van der Waals surface area contributed by atoms with Gasteiger partial charge in [-0.25, -0.2) is 4.98 Å². The van der Waals surface area contributed by atoms with E-state index in [1.165, 1.54) is 6.92 Å². The monoisotopic (exact) mass is 252 g/mol. The van der Waals surface area contributed by atoms with Gasteiger partial charge in [0, 0.05) is 12.6 Å². The number of nitrogens with one attached hydrogen (secondary N) is 3. The Labute approximate surface area is 107 Å². The summed E-state index contributed by atoms with van der Waals surface area (Å²) in [6.07, 6.45) is 1.59. The first kappa shape index (κ1) is 14.2. The molecular formula is C12H20N4O2. The van der Waals surface area contributed by atoms with Gasteiger partial charge in [-0.05, 0) is 12.8 Å². The number of aryl methyl sites for hydroxylation is 1. The molecule has 1 heterocycles. The predicted octanol–water partition coefficient (Wildman–Crippen LogP) is 0.495. The van der Waals surface area contributed by atoms with Gasteiger partial charge in [0.1, 0.15) is 6.04 Å². The van der Waals surface area contributed by atoms with E-state index in [9.17, 15) is 9.59 Å². The van der Waals surface area contributed by atoms with Crippen molar-refractivity contribution >= 4 is 11.8 Å². The lowest BCUT2D eigenvalue weighted by atomic mass is 10.0. The zero-order valence-electron chi connectivity index (χ0n) is 11.2. The summed E-state index contributed by atoms with van der Waals surface area (Å²) in [6, 6.07) is -0.512. The molecule has 0 radical (unpaired) electrons. The Morgan fingerprint density at radius 3 is 2.56 bits per heavy atom. The van der Waals surface area contributed by atoms with Crippen LogP contribution in [0, 0.1) is 12.8 Å². The Morgan fingerprint density at radius 1 is 1.44 bits per heavy atom. The number of hydrogen-bond acceptors (Lipinski definition) is 3. The maximum absolute atomic E-state index is 12.0. The zero-order chi connectivity index (χ0) is 13.7. The van der Waals surface area contributed by atoms with E-state index in [0.717, 1.165) is 11.4 Å². The minimum Gasteiger partial charge on any atom is -0.349 e. The van der Waals surface area contributed by atoms with Crippen LogP contribution in [0.25, 0.3) is 0 Å². The third-order valence-corrected chi connectivity index (χ3v) is 2.67. The van der Waals surface area contributed by atoms with E-state index < -0.39 is 6.04 Å².